The summed E-state index contributed by atoms with van der Waals surface area (Å²) in [6.45, 7) is 11.2. The molecular formula is C34H48N2O4S. The van der Waals surface area contributed by atoms with E-state index in [4.69, 9.17) is 4.74 Å². The summed E-state index contributed by atoms with van der Waals surface area (Å²) >= 11 is 0. The summed E-state index contributed by atoms with van der Waals surface area (Å²) in [5.74, 6) is 2.36. The van der Waals surface area contributed by atoms with Crippen molar-refractivity contribution >= 4 is 15.7 Å². The zero-order valence-corrected chi connectivity index (χ0v) is 26.3. The third-order valence-electron chi connectivity index (χ3n) is 10.4. The average Bonchev–Trinajstić information content (AvgIpc) is 3.63. The Morgan fingerprint density at radius 3 is 2.37 bits per heavy atom. The number of benzene rings is 1. The molecule has 2 aliphatic carbocycles. The molecule has 0 unspecified atom stereocenters. The molecule has 1 aromatic carbocycles. The first kappa shape index (κ1) is 28.8. The van der Waals surface area contributed by atoms with Gasteiger partial charge in [0.05, 0.1) is 23.7 Å². The number of nitrogens with one attached hydrogen (secondary N) is 1. The normalized spacial score (nSPS) is 22.2. The molecule has 2 saturated carbocycles. The Labute approximate surface area is 246 Å². The smallest absolute Gasteiger partial charge is 0.253 e. The van der Waals surface area contributed by atoms with E-state index in [2.05, 4.69) is 55.8 Å². The number of aromatic nitrogens is 1. The summed E-state index contributed by atoms with van der Waals surface area (Å²) in [6.07, 6.45) is 11.2. The zero-order valence-electron chi connectivity index (χ0n) is 25.5. The second-order valence-corrected chi connectivity index (χ2v) is 16.8. The van der Waals surface area contributed by atoms with Gasteiger partial charge in [-0.05, 0) is 92.9 Å². The molecule has 224 valence electrons. The first-order valence-corrected chi connectivity index (χ1v) is 17.8. The lowest BCUT2D eigenvalue weighted by Gasteiger charge is -2.33. The molecule has 6 rings (SSSR count). The maximum atomic E-state index is 13.6. The molecule has 3 heterocycles. The Balaban J connectivity index is 1.36. The number of hydrogen-bond acceptors (Lipinski definition) is 4. The Bertz CT molecular complexity index is 1390. The first-order chi connectivity index (χ1) is 19.5. The molecule has 1 aromatic heterocycles. The van der Waals surface area contributed by atoms with Gasteiger partial charge in [0.1, 0.15) is 15.6 Å². The quantitative estimate of drug-likeness (QED) is 0.412. The lowest BCUT2D eigenvalue weighted by atomic mass is 9.79. The summed E-state index contributed by atoms with van der Waals surface area (Å²) in [6, 6.07) is 6.83. The fourth-order valence-corrected chi connectivity index (χ4v) is 9.08. The Morgan fingerprint density at radius 2 is 1.71 bits per heavy atom. The predicted octanol–water partition coefficient (Wildman–Crippen LogP) is 6.71. The number of ether oxygens (including phenoxy) is 1. The van der Waals surface area contributed by atoms with Crippen molar-refractivity contribution in [3.05, 3.63) is 40.6 Å². The SMILES string of the molecule is Cc1c(C(=O)NCC2CCS(=O)(=O)CC2)cc(-c2cc(C(C)(C)C)c3c(c2)C2(CCO3)CC2)n1CC1CCCCC1. The molecule has 41 heavy (non-hydrogen) atoms. The van der Waals surface area contributed by atoms with Gasteiger partial charge in [-0.1, -0.05) is 40.0 Å². The van der Waals surface area contributed by atoms with Gasteiger partial charge in [0.2, 0.25) is 0 Å². The van der Waals surface area contributed by atoms with Crippen molar-refractivity contribution in [2.24, 2.45) is 11.8 Å². The van der Waals surface area contributed by atoms with Gasteiger partial charge >= 0.3 is 0 Å². The van der Waals surface area contributed by atoms with Crippen molar-refractivity contribution < 1.29 is 17.9 Å². The largest absolute Gasteiger partial charge is 0.493 e. The molecule has 4 aliphatic rings. The van der Waals surface area contributed by atoms with Crippen molar-refractivity contribution in [2.45, 2.75) is 109 Å². The molecular weight excluding hydrogens is 532 g/mol. The Hall–Kier alpha value is -2.28. The predicted molar refractivity (Wildman–Crippen MR) is 165 cm³/mol. The number of rotatable bonds is 6. The van der Waals surface area contributed by atoms with Crippen LogP contribution >= 0.6 is 0 Å². The molecule has 0 radical (unpaired) electrons. The van der Waals surface area contributed by atoms with Crippen molar-refractivity contribution in [3.63, 3.8) is 0 Å². The van der Waals surface area contributed by atoms with Gasteiger partial charge in [-0.3, -0.25) is 4.79 Å². The van der Waals surface area contributed by atoms with Crippen LogP contribution in [0.25, 0.3) is 11.3 Å². The number of amides is 1. The molecule has 6 nitrogen and oxygen atoms in total. The maximum Gasteiger partial charge on any atom is 0.253 e. The summed E-state index contributed by atoms with van der Waals surface area (Å²) in [7, 11) is -2.91. The maximum absolute atomic E-state index is 13.6. The van der Waals surface area contributed by atoms with Crippen molar-refractivity contribution in [1.82, 2.24) is 9.88 Å². The second-order valence-electron chi connectivity index (χ2n) is 14.5. The fourth-order valence-electron chi connectivity index (χ4n) is 7.49. The minimum absolute atomic E-state index is 0.0458. The van der Waals surface area contributed by atoms with E-state index >= 15 is 0 Å². The van der Waals surface area contributed by atoms with Gasteiger partial charge in [-0.25, -0.2) is 8.42 Å². The molecule has 1 amide bonds. The summed E-state index contributed by atoms with van der Waals surface area (Å²) in [4.78, 5) is 13.6. The van der Waals surface area contributed by atoms with Crippen LogP contribution in [0.4, 0.5) is 0 Å². The van der Waals surface area contributed by atoms with E-state index in [1.54, 1.807) is 0 Å². The standard InChI is InChI=1S/C34H48N2O4S/c1-23-27(32(37)35-21-24-10-16-41(38,39)17-11-24)20-30(36(23)22-25-8-6-5-7-9-25)26-18-28(33(2,3)4)31-29(19-26)34(12-13-34)14-15-40-31/h18-20,24-25H,5-17,21-22H2,1-4H3,(H,35,37). The van der Waals surface area contributed by atoms with Crippen LogP contribution in [0.2, 0.25) is 0 Å². The molecule has 0 bridgehead atoms. The highest BCUT2D eigenvalue weighted by Gasteiger charge is 2.49. The van der Waals surface area contributed by atoms with Crippen molar-refractivity contribution in [3.8, 4) is 17.0 Å². The highest BCUT2D eigenvalue weighted by atomic mass is 32.2. The van der Waals surface area contributed by atoms with Crippen LogP contribution < -0.4 is 10.1 Å². The Kier molecular flexibility index (Phi) is 7.57. The number of sulfone groups is 1. The Morgan fingerprint density at radius 1 is 1.00 bits per heavy atom. The van der Waals surface area contributed by atoms with Gasteiger partial charge in [-0.15, -0.1) is 0 Å². The fraction of sp³-hybridized carbons (Fsp3) is 0.676. The summed E-state index contributed by atoms with van der Waals surface area (Å²) in [5.41, 5.74) is 6.93. The minimum atomic E-state index is -2.91. The highest BCUT2D eigenvalue weighted by Crippen LogP contribution is 2.58. The van der Waals surface area contributed by atoms with Crippen LogP contribution in [0.1, 0.15) is 112 Å². The molecule has 1 N–H and O–H groups in total. The van der Waals surface area contributed by atoms with E-state index in [1.807, 2.05) is 0 Å². The van der Waals surface area contributed by atoms with Crippen molar-refractivity contribution in [1.29, 1.82) is 0 Å². The third kappa shape index (κ3) is 5.85. The lowest BCUT2D eigenvalue weighted by Crippen LogP contribution is -2.34. The highest BCUT2D eigenvalue weighted by molar-refractivity contribution is 7.91. The van der Waals surface area contributed by atoms with Gasteiger partial charge in [0.25, 0.3) is 5.91 Å². The number of hydrogen-bond donors (Lipinski definition) is 1. The van der Waals surface area contributed by atoms with Gasteiger partial charge in [0, 0.05) is 41.0 Å². The minimum Gasteiger partial charge on any atom is -0.493 e. The lowest BCUT2D eigenvalue weighted by molar-refractivity contribution is 0.0945. The second kappa shape index (κ2) is 10.8. The molecule has 2 aromatic rings. The van der Waals surface area contributed by atoms with E-state index in [1.165, 1.54) is 61.6 Å². The number of fused-ring (bicyclic) bond motifs is 2. The molecule has 3 fully saturated rings. The first-order valence-electron chi connectivity index (χ1n) is 16.0. The summed E-state index contributed by atoms with van der Waals surface area (Å²) in [5, 5.41) is 3.17. The van der Waals surface area contributed by atoms with Crippen LogP contribution in [-0.2, 0) is 27.2 Å². The zero-order chi connectivity index (χ0) is 29.0. The number of carbonyl (C=O) groups is 1. The number of nitrogens with zero attached hydrogens (tertiary/aromatic N) is 1. The van der Waals surface area contributed by atoms with Crippen LogP contribution in [0.15, 0.2) is 18.2 Å². The van der Waals surface area contributed by atoms with Crippen LogP contribution in [0.3, 0.4) is 0 Å². The molecule has 1 spiro atoms. The van der Waals surface area contributed by atoms with E-state index < -0.39 is 9.84 Å². The van der Waals surface area contributed by atoms with Crippen LogP contribution in [0, 0.1) is 18.8 Å². The van der Waals surface area contributed by atoms with E-state index in [9.17, 15) is 13.2 Å². The number of carbonyl (C=O) groups excluding carboxylic acids is 1. The van der Waals surface area contributed by atoms with Crippen molar-refractivity contribution in [2.75, 3.05) is 24.7 Å². The van der Waals surface area contributed by atoms with Gasteiger partial charge < -0.3 is 14.6 Å². The molecule has 7 heteroatoms. The van der Waals surface area contributed by atoms with E-state index in [0.717, 1.165) is 42.3 Å². The van der Waals surface area contributed by atoms with Gasteiger partial charge in [0.15, 0.2) is 0 Å². The van der Waals surface area contributed by atoms with Crippen LogP contribution in [0.5, 0.6) is 5.75 Å². The third-order valence-corrected chi connectivity index (χ3v) is 12.2. The molecule has 1 saturated heterocycles. The molecule has 0 atom stereocenters. The monoisotopic (exact) mass is 580 g/mol. The van der Waals surface area contributed by atoms with E-state index in [0.29, 0.717) is 25.3 Å². The van der Waals surface area contributed by atoms with Gasteiger partial charge in [-0.2, -0.15) is 0 Å². The average molecular weight is 581 g/mol. The van der Waals surface area contributed by atoms with Crippen LogP contribution in [-0.4, -0.2) is 43.5 Å². The topological polar surface area (TPSA) is 77.4 Å². The molecule has 2 aliphatic heterocycles. The van der Waals surface area contributed by atoms with E-state index in [-0.39, 0.29) is 34.2 Å². The summed E-state index contributed by atoms with van der Waals surface area (Å²) < 4.78 is 32.5.